The lowest BCUT2D eigenvalue weighted by Crippen LogP contribution is -2.50. The second-order valence-corrected chi connectivity index (χ2v) is 4.05. The van der Waals surface area contributed by atoms with Gasteiger partial charge in [-0.15, -0.1) is 0 Å². The molecule has 8 heteroatoms. The number of nitrogens with one attached hydrogen (secondary N) is 2. The average molecular weight is 273 g/mol. The number of rotatable bonds is 2. The standard InChI is InChI=1S/C11H19N3O5/c1-3-19-11(17)14-6-4-8(5-7-14)12-9(15)13-10(16)18-2/h8H,3-7H2,1-2H3,(H2,12,13,15,16). The molecule has 1 heterocycles. The molecule has 1 aliphatic rings. The second-order valence-electron chi connectivity index (χ2n) is 4.05. The van der Waals surface area contributed by atoms with Gasteiger partial charge in [0.25, 0.3) is 0 Å². The van der Waals surface area contributed by atoms with Crippen LogP contribution in [0.5, 0.6) is 0 Å². The smallest absolute Gasteiger partial charge is 0.415 e. The lowest BCUT2D eigenvalue weighted by molar-refractivity contribution is 0.0957. The summed E-state index contributed by atoms with van der Waals surface area (Å²) >= 11 is 0. The predicted octanol–water partition coefficient (Wildman–Crippen LogP) is 0.673. The van der Waals surface area contributed by atoms with Crippen molar-refractivity contribution in [3.05, 3.63) is 0 Å². The minimum atomic E-state index is -0.804. The van der Waals surface area contributed by atoms with E-state index in [1.165, 1.54) is 7.11 Å². The number of likely N-dealkylation sites (tertiary alicyclic amines) is 1. The molecule has 0 spiro atoms. The highest BCUT2D eigenvalue weighted by molar-refractivity contribution is 5.90. The van der Waals surface area contributed by atoms with Crippen LogP contribution >= 0.6 is 0 Å². The number of carbonyl (C=O) groups is 3. The van der Waals surface area contributed by atoms with Gasteiger partial charge in [-0.05, 0) is 19.8 Å². The number of hydrogen-bond acceptors (Lipinski definition) is 5. The molecule has 108 valence electrons. The molecule has 0 aliphatic carbocycles. The summed E-state index contributed by atoms with van der Waals surface area (Å²) in [6.45, 7) is 3.13. The highest BCUT2D eigenvalue weighted by Crippen LogP contribution is 2.11. The van der Waals surface area contributed by atoms with Crippen molar-refractivity contribution in [1.82, 2.24) is 15.5 Å². The summed E-state index contributed by atoms with van der Waals surface area (Å²) in [4.78, 5) is 35.2. The third-order valence-electron chi connectivity index (χ3n) is 2.76. The molecular weight excluding hydrogens is 254 g/mol. The molecule has 0 aromatic carbocycles. The van der Waals surface area contributed by atoms with Crippen molar-refractivity contribution in [3.63, 3.8) is 0 Å². The lowest BCUT2D eigenvalue weighted by Gasteiger charge is -2.31. The van der Waals surface area contributed by atoms with E-state index in [4.69, 9.17) is 4.74 Å². The van der Waals surface area contributed by atoms with Gasteiger partial charge in [0.05, 0.1) is 13.7 Å². The van der Waals surface area contributed by atoms with Crippen LogP contribution in [-0.4, -0.2) is 56.0 Å². The molecule has 0 aromatic heterocycles. The van der Waals surface area contributed by atoms with E-state index in [1.54, 1.807) is 11.8 Å². The highest BCUT2D eigenvalue weighted by atomic mass is 16.6. The van der Waals surface area contributed by atoms with E-state index in [9.17, 15) is 14.4 Å². The van der Waals surface area contributed by atoms with E-state index in [0.717, 1.165) is 0 Å². The van der Waals surface area contributed by atoms with E-state index in [2.05, 4.69) is 10.1 Å². The van der Waals surface area contributed by atoms with E-state index < -0.39 is 12.1 Å². The Morgan fingerprint density at radius 1 is 1.26 bits per heavy atom. The van der Waals surface area contributed by atoms with Crippen LogP contribution in [0.1, 0.15) is 19.8 Å². The van der Waals surface area contributed by atoms with Crippen LogP contribution in [0.3, 0.4) is 0 Å². The molecule has 0 bridgehead atoms. The average Bonchev–Trinajstić information content (AvgIpc) is 2.39. The molecule has 0 radical (unpaired) electrons. The summed E-state index contributed by atoms with van der Waals surface area (Å²) in [6, 6.07) is -0.670. The molecule has 19 heavy (non-hydrogen) atoms. The number of urea groups is 1. The zero-order valence-electron chi connectivity index (χ0n) is 11.1. The topological polar surface area (TPSA) is 97.0 Å². The van der Waals surface area contributed by atoms with Crippen LogP contribution in [-0.2, 0) is 9.47 Å². The lowest BCUT2D eigenvalue weighted by atomic mass is 10.1. The van der Waals surface area contributed by atoms with Crippen LogP contribution < -0.4 is 10.6 Å². The number of nitrogens with zero attached hydrogens (tertiary/aromatic N) is 1. The van der Waals surface area contributed by atoms with E-state index in [-0.39, 0.29) is 12.1 Å². The summed E-state index contributed by atoms with van der Waals surface area (Å²) < 4.78 is 9.20. The fraction of sp³-hybridized carbons (Fsp3) is 0.727. The Balaban J connectivity index is 2.28. The number of alkyl carbamates (subject to hydrolysis) is 1. The maximum absolute atomic E-state index is 11.5. The van der Waals surface area contributed by atoms with Gasteiger partial charge < -0.3 is 19.7 Å². The normalized spacial score (nSPS) is 15.6. The summed E-state index contributed by atoms with van der Waals surface area (Å²) in [7, 11) is 1.18. The SMILES string of the molecule is CCOC(=O)N1CCC(NC(=O)NC(=O)OC)CC1. The number of amides is 4. The van der Waals surface area contributed by atoms with Crippen molar-refractivity contribution in [1.29, 1.82) is 0 Å². The Hall–Kier alpha value is -1.99. The molecule has 1 rings (SSSR count). The minimum Gasteiger partial charge on any atom is -0.453 e. The monoisotopic (exact) mass is 273 g/mol. The summed E-state index contributed by atoms with van der Waals surface area (Å²) in [6.07, 6.45) is 0.0993. The Labute approximate surface area is 111 Å². The van der Waals surface area contributed by atoms with Gasteiger partial charge in [-0.2, -0.15) is 0 Å². The predicted molar refractivity (Wildman–Crippen MR) is 65.7 cm³/mol. The van der Waals surface area contributed by atoms with Crippen molar-refractivity contribution < 1.29 is 23.9 Å². The maximum Gasteiger partial charge on any atom is 0.415 e. The molecule has 8 nitrogen and oxygen atoms in total. The van der Waals surface area contributed by atoms with Gasteiger partial charge in [0.1, 0.15) is 0 Å². The third-order valence-corrected chi connectivity index (χ3v) is 2.76. The molecule has 4 amide bonds. The van der Waals surface area contributed by atoms with Crippen LogP contribution in [0.15, 0.2) is 0 Å². The van der Waals surface area contributed by atoms with Gasteiger partial charge in [0, 0.05) is 19.1 Å². The van der Waals surface area contributed by atoms with Crippen molar-refractivity contribution >= 4 is 18.2 Å². The molecule has 0 aromatic rings. The molecule has 2 N–H and O–H groups in total. The molecule has 1 aliphatic heterocycles. The second kappa shape index (κ2) is 7.45. The Morgan fingerprint density at radius 3 is 2.42 bits per heavy atom. The number of imide groups is 1. The van der Waals surface area contributed by atoms with Gasteiger partial charge in [-0.3, -0.25) is 0 Å². The number of carbonyl (C=O) groups excluding carboxylic acids is 3. The molecule has 1 saturated heterocycles. The third kappa shape index (κ3) is 5.02. The number of piperidine rings is 1. The van der Waals surface area contributed by atoms with E-state index >= 15 is 0 Å². The molecule has 1 fully saturated rings. The van der Waals surface area contributed by atoms with Crippen LogP contribution in [0.25, 0.3) is 0 Å². The highest BCUT2D eigenvalue weighted by Gasteiger charge is 2.24. The van der Waals surface area contributed by atoms with Crippen molar-refractivity contribution in [2.45, 2.75) is 25.8 Å². The number of hydrogen-bond donors (Lipinski definition) is 2. The van der Waals surface area contributed by atoms with Gasteiger partial charge in [-0.1, -0.05) is 0 Å². The Kier molecular flexibility index (Phi) is 5.91. The largest absolute Gasteiger partial charge is 0.453 e. The van der Waals surface area contributed by atoms with Crippen molar-refractivity contribution in [2.75, 3.05) is 26.8 Å². The zero-order chi connectivity index (χ0) is 14.3. The van der Waals surface area contributed by atoms with E-state index in [1.807, 2.05) is 5.32 Å². The minimum absolute atomic E-state index is 0.0738. The zero-order valence-corrected chi connectivity index (χ0v) is 11.1. The van der Waals surface area contributed by atoms with Gasteiger partial charge >= 0.3 is 18.2 Å². The van der Waals surface area contributed by atoms with Crippen molar-refractivity contribution in [3.8, 4) is 0 Å². The van der Waals surface area contributed by atoms with Crippen LogP contribution in [0.4, 0.5) is 14.4 Å². The fourth-order valence-electron chi connectivity index (χ4n) is 1.79. The van der Waals surface area contributed by atoms with E-state index in [0.29, 0.717) is 32.5 Å². The maximum atomic E-state index is 11.5. The van der Waals surface area contributed by atoms with Gasteiger partial charge in [0.15, 0.2) is 0 Å². The first-order valence-electron chi connectivity index (χ1n) is 6.14. The molecular formula is C11H19N3O5. The quantitative estimate of drug-likeness (QED) is 0.770. The van der Waals surface area contributed by atoms with Gasteiger partial charge in [-0.25, -0.2) is 19.7 Å². The van der Waals surface area contributed by atoms with Crippen LogP contribution in [0, 0.1) is 0 Å². The first kappa shape index (κ1) is 15.1. The summed E-state index contributed by atoms with van der Waals surface area (Å²) in [5, 5.41) is 4.66. The summed E-state index contributed by atoms with van der Waals surface area (Å²) in [5.74, 6) is 0. The molecule has 0 atom stereocenters. The number of ether oxygens (including phenoxy) is 2. The summed E-state index contributed by atoms with van der Waals surface area (Å²) in [5.41, 5.74) is 0. The Bertz CT molecular complexity index is 339. The first-order valence-corrected chi connectivity index (χ1v) is 6.14. The number of methoxy groups -OCH3 is 1. The van der Waals surface area contributed by atoms with Crippen LogP contribution in [0.2, 0.25) is 0 Å². The first-order chi connectivity index (χ1) is 9.06. The molecule has 0 saturated carbocycles. The molecule has 0 unspecified atom stereocenters. The fourth-order valence-corrected chi connectivity index (χ4v) is 1.79. The van der Waals surface area contributed by atoms with Crippen molar-refractivity contribution in [2.24, 2.45) is 0 Å². The Morgan fingerprint density at radius 2 is 1.89 bits per heavy atom. The van der Waals surface area contributed by atoms with Gasteiger partial charge in [0.2, 0.25) is 0 Å².